The molecule has 1 aliphatic rings. The number of benzene rings is 2. The van der Waals surface area contributed by atoms with Crippen molar-refractivity contribution < 1.29 is 14.3 Å². The lowest BCUT2D eigenvalue weighted by molar-refractivity contribution is -0.112. The molecule has 5 heteroatoms. The molecule has 1 amide bonds. The topological polar surface area (TPSA) is 46.6 Å². The van der Waals surface area contributed by atoms with E-state index >= 15 is 0 Å². The molecule has 1 aliphatic heterocycles. The molecule has 0 saturated heterocycles. The van der Waals surface area contributed by atoms with Crippen molar-refractivity contribution in [2.75, 3.05) is 4.90 Å². The summed E-state index contributed by atoms with van der Waals surface area (Å²) >= 11 is 5.64. The van der Waals surface area contributed by atoms with Crippen LogP contribution in [0.4, 0.5) is 10.5 Å². The Kier molecular flexibility index (Phi) is 4.11. The third-order valence-electron chi connectivity index (χ3n) is 3.64. The first kappa shape index (κ1) is 14.6. The zero-order valence-electron chi connectivity index (χ0n) is 11.7. The molecule has 2 aromatic rings. The normalized spacial score (nSPS) is 16.2. The maximum Gasteiger partial charge on any atom is 0.415 e. The van der Waals surface area contributed by atoms with Gasteiger partial charge in [0.2, 0.25) is 5.24 Å². The summed E-state index contributed by atoms with van der Waals surface area (Å²) in [5.74, 6) is 0. The van der Waals surface area contributed by atoms with Gasteiger partial charge in [-0.25, -0.2) is 4.79 Å². The van der Waals surface area contributed by atoms with Gasteiger partial charge in [-0.2, -0.15) is 0 Å². The van der Waals surface area contributed by atoms with Gasteiger partial charge in [0, 0.05) is 6.42 Å². The second kappa shape index (κ2) is 6.20. The van der Waals surface area contributed by atoms with Gasteiger partial charge in [0.1, 0.15) is 12.6 Å². The molecule has 2 aromatic carbocycles. The van der Waals surface area contributed by atoms with E-state index in [0.29, 0.717) is 12.1 Å². The van der Waals surface area contributed by atoms with Crippen LogP contribution < -0.4 is 4.90 Å². The van der Waals surface area contributed by atoms with Crippen molar-refractivity contribution in [1.82, 2.24) is 0 Å². The highest BCUT2D eigenvalue weighted by Crippen LogP contribution is 2.33. The molecule has 0 saturated carbocycles. The number of fused-ring (bicyclic) bond motifs is 1. The van der Waals surface area contributed by atoms with Crippen LogP contribution in [0.25, 0.3) is 0 Å². The quantitative estimate of drug-likeness (QED) is 0.814. The van der Waals surface area contributed by atoms with Crippen LogP contribution in [0, 0.1) is 0 Å². The van der Waals surface area contributed by atoms with Gasteiger partial charge in [-0.05, 0) is 28.8 Å². The number of anilines is 1. The van der Waals surface area contributed by atoms with Gasteiger partial charge in [0.25, 0.3) is 0 Å². The van der Waals surface area contributed by atoms with Gasteiger partial charge in [0.15, 0.2) is 0 Å². The summed E-state index contributed by atoms with van der Waals surface area (Å²) in [6, 6.07) is 16.0. The zero-order chi connectivity index (χ0) is 15.5. The second-order valence-electron chi connectivity index (χ2n) is 5.06. The third kappa shape index (κ3) is 2.83. The van der Waals surface area contributed by atoms with E-state index in [9.17, 15) is 9.59 Å². The Bertz CT molecular complexity index is 702. The molecule has 0 bridgehead atoms. The van der Waals surface area contributed by atoms with Crippen LogP contribution >= 0.6 is 11.6 Å². The largest absolute Gasteiger partial charge is 0.444 e. The number of halogens is 1. The molecule has 0 unspecified atom stereocenters. The van der Waals surface area contributed by atoms with E-state index < -0.39 is 17.4 Å². The van der Waals surface area contributed by atoms with E-state index in [4.69, 9.17) is 16.3 Å². The minimum atomic E-state index is -0.706. The SMILES string of the molecule is O=C(Cl)[C@H]1Cc2ccccc2N1C(=O)OCc1ccccc1. The molecule has 0 aliphatic carbocycles. The van der Waals surface area contributed by atoms with E-state index in [2.05, 4.69) is 0 Å². The Hall–Kier alpha value is -2.33. The molecule has 0 N–H and O–H groups in total. The highest BCUT2D eigenvalue weighted by Gasteiger charge is 2.38. The molecule has 1 heterocycles. The first-order chi connectivity index (χ1) is 10.7. The molecule has 0 fully saturated rings. The maximum atomic E-state index is 12.4. The van der Waals surface area contributed by atoms with Crippen LogP contribution in [-0.2, 0) is 22.6 Å². The molecule has 4 nitrogen and oxygen atoms in total. The Morgan fingerprint density at radius 2 is 1.77 bits per heavy atom. The molecular weight excluding hydrogens is 302 g/mol. The zero-order valence-corrected chi connectivity index (χ0v) is 12.5. The summed E-state index contributed by atoms with van der Waals surface area (Å²) in [5, 5.41) is -0.562. The molecule has 0 aromatic heterocycles. The van der Waals surface area contributed by atoms with Crippen LogP contribution in [0.5, 0.6) is 0 Å². The van der Waals surface area contributed by atoms with E-state index in [-0.39, 0.29) is 6.61 Å². The second-order valence-corrected chi connectivity index (χ2v) is 5.44. The average Bonchev–Trinajstić information content (AvgIpc) is 2.93. The lowest BCUT2D eigenvalue weighted by Crippen LogP contribution is -2.41. The van der Waals surface area contributed by atoms with Crippen LogP contribution in [0.2, 0.25) is 0 Å². The van der Waals surface area contributed by atoms with Crippen molar-refractivity contribution in [3.63, 3.8) is 0 Å². The van der Waals surface area contributed by atoms with Gasteiger partial charge in [-0.3, -0.25) is 9.69 Å². The Balaban J connectivity index is 1.78. The molecule has 0 radical (unpaired) electrons. The van der Waals surface area contributed by atoms with Crippen LogP contribution in [0.3, 0.4) is 0 Å². The van der Waals surface area contributed by atoms with Gasteiger partial charge < -0.3 is 4.74 Å². The summed E-state index contributed by atoms with van der Waals surface area (Å²) in [6.45, 7) is 0.154. The van der Waals surface area contributed by atoms with Crippen LogP contribution in [0.1, 0.15) is 11.1 Å². The number of amides is 1. The van der Waals surface area contributed by atoms with Crippen molar-refractivity contribution >= 4 is 28.6 Å². The number of carbonyl (C=O) groups excluding carboxylic acids is 2. The van der Waals surface area contributed by atoms with Crippen molar-refractivity contribution in [3.8, 4) is 0 Å². The summed E-state index contributed by atoms with van der Waals surface area (Å²) < 4.78 is 5.33. The Morgan fingerprint density at radius 3 is 2.50 bits per heavy atom. The first-order valence-corrected chi connectivity index (χ1v) is 7.32. The van der Waals surface area contributed by atoms with E-state index in [1.165, 1.54) is 4.90 Å². The predicted octanol–water partition coefficient (Wildman–Crippen LogP) is 3.52. The van der Waals surface area contributed by atoms with Crippen molar-refractivity contribution in [2.24, 2.45) is 0 Å². The number of nitrogens with zero attached hydrogens (tertiary/aromatic N) is 1. The lowest BCUT2D eigenvalue weighted by Gasteiger charge is -2.22. The lowest BCUT2D eigenvalue weighted by atomic mass is 10.1. The van der Waals surface area contributed by atoms with Crippen LogP contribution in [-0.4, -0.2) is 17.4 Å². The third-order valence-corrected chi connectivity index (χ3v) is 3.89. The van der Waals surface area contributed by atoms with Crippen molar-refractivity contribution in [2.45, 2.75) is 19.1 Å². The molecular formula is C17H14ClNO3. The van der Waals surface area contributed by atoms with E-state index in [0.717, 1.165) is 11.1 Å². The molecule has 112 valence electrons. The fraction of sp³-hybridized carbons (Fsp3) is 0.176. The molecule has 0 spiro atoms. The van der Waals surface area contributed by atoms with E-state index in [1.54, 1.807) is 6.07 Å². The minimum Gasteiger partial charge on any atom is -0.444 e. The van der Waals surface area contributed by atoms with E-state index in [1.807, 2.05) is 48.5 Å². The smallest absolute Gasteiger partial charge is 0.415 e. The van der Waals surface area contributed by atoms with Crippen LogP contribution in [0.15, 0.2) is 54.6 Å². The van der Waals surface area contributed by atoms with Gasteiger partial charge in [-0.1, -0.05) is 48.5 Å². The summed E-state index contributed by atoms with van der Waals surface area (Å²) in [6.07, 6.45) is -0.147. The number of rotatable bonds is 3. The summed E-state index contributed by atoms with van der Waals surface area (Å²) in [5.41, 5.74) is 2.48. The number of carbonyl (C=O) groups is 2. The number of ether oxygens (including phenoxy) is 1. The highest BCUT2D eigenvalue weighted by atomic mass is 35.5. The molecule has 3 rings (SSSR count). The van der Waals surface area contributed by atoms with Crippen molar-refractivity contribution in [3.05, 3.63) is 65.7 Å². The number of hydrogen-bond acceptors (Lipinski definition) is 3. The summed E-state index contributed by atoms with van der Waals surface area (Å²) in [7, 11) is 0. The van der Waals surface area contributed by atoms with Crippen molar-refractivity contribution in [1.29, 1.82) is 0 Å². The Morgan fingerprint density at radius 1 is 1.09 bits per heavy atom. The standard InChI is InChI=1S/C17H14ClNO3/c18-16(20)15-10-13-8-4-5-9-14(13)19(15)17(21)22-11-12-6-2-1-3-7-12/h1-9,15H,10-11H2/t15-/m1/s1. The minimum absolute atomic E-state index is 0.154. The maximum absolute atomic E-state index is 12.4. The fourth-order valence-corrected chi connectivity index (χ4v) is 2.76. The monoisotopic (exact) mass is 315 g/mol. The molecule has 1 atom stereocenters. The van der Waals surface area contributed by atoms with Gasteiger partial charge >= 0.3 is 6.09 Å². The first-order valence-electron chi connectivity index (χ1n) is 6.94. The predicted molar refractivity (Wildman–Crippen MR) is 83.9 cm³/mol. The van der Waals surface area contributed by atoms with Gasteiger partial charge in [0.05, 0.1) is 5.69 Å². The van der Waals surface area contributed by atoms with Gasteiger partial charge in [-0.15, -0.1) is 0 Å². The molecule has 22 heavy (non-hydrogen) atoms. The summed E-state index contributed by atoms with van der Waals surface area (Å²) in [4.78, 5) is 25.3. The number of hydrogen-bond donors (Lipinski definition) is 0. The Labute approximate surface area is 133 Å². The average molecular weight is 316 g/mol. The number of para-hydroxylation sites is 1. The highest BCUT2D eigenvalue weighted by molar-refractivity contribution is 6.65. The fourth-order valence-electron chi connectivity index (χ4n) is 2.58.